The third-order valence-corrected chi connectivity index (χ3v) is 3.52. The number of likely N-dealkylation sites (tertiary alicyclic amines) is 1. The molecule has 3 heteroatoms. The Bertz CT molecular complexity index is 176. The van der Waals surface area contributed by atoms with Crippen molar-refractivity contribution in [3.05, 3.63) is 0 Å². The second-order valence-corrected chi connectivity index (χ2v) is 4.24. The van der Waals surface area contributed by atoms with Crippen LogP contribution in [0.5, 0.6) is 0 Å². The number of hydrogen-bond donors (Lipinski definition) is 1. The minimum atomic E-state index is -0.271. The van der Waals surface area contributed by atoms with Gasteiger partial charge in [0.2, 0.25) is 0 Å². The maximum atomic E-state index is 9.59. The first kappa shape index (κ1) is 8.58. The Balaban J connectivity index is 2.11. The van der Waals surface area contributed by atoms with Gasteiger partial charge >= 0.3 is 0 Å². The molecule has 1 heterocycles. The van der Waals surface area contributed by atoms with E-state index >= 15 is 0 Å². The molecular weight excluding hydrogens is 149 g/mol. The van der Waals surface area contributed by atoms with E-state index in [-0.39, 0.29) is 11.9 Å². The number of rotatable bonds is 0. The molecule has 1 N–H and O–H groups in total. The summed E-state index contributed by atoms with van der Waals surface area (Å²) in [5.74, 6) is 0.727. The zero-order valence-electron chi connectivity index (χ0n) is 7.61. The predicted molar refractivity (Wildman–Crippen MR) is 49.3 cm³/mol. The molecule has 1 saturated heterocycles. The highest BCUT2D eigenvalue weighted by Gasteiger charge is 2.41. The lowest BCUT2D eigenvalue weighted by Crippen LogP contribution is -2.42. The molecule has 1 aliphatic carbocycles. The molecule has 2 fully saturated rings. The standard InChI is InChI=1S/C9H16BNO/c1-11-5-4-6-2-3-7(12)8(10)9(6)11/h6-9,12H,2-5H2,1H3. The normalized spacial score (nSPS) is 49.2. The van der Waals surface area contributed by atoms with Crippen LogP contribution in [-0.4, -0.2) is 43.6 Å². The van der Waals surface area contributed by atoms with E-state index in [1.807, 2.05) is 0 Å². The molecule has 2 nitrogen and oxygen atoms in total. The second-order valence-electron chi connectivity index (χ2n) is 4.24. The van der Waals surface area contributed by atoms with Crippen molar-refractivity contribution in [2.24, 2.45) is 5.92 Å². The summed E-state index contributed by atoms with van der Waals surface area (Å²) < 4.78 is 0. The van der Waals surface area contributed by atoms with Gasteiger partial charge in [-0.25, -0.2) is 0 Å². The van der Waals surface area contributed by atoms with Crippen LogP contribution in [0.4, 0.5) is 0 Å². The first-order chi connectivity index (χ1) is 5.70. The van der Waals surface area contributed by atoms with Gasteiger partial charge in [-0.2, -0.15) is 0 Å². The summed E-state index contributed by atoms with van der Waals surface area (Å²) >= 11 is 0. The van der Waals surface area contributed by atoms with Gasteiger partial charge in [-0.15, -0.1) is 0 Å². The second kappa shape index (κ2) is 3.04. The summed E-state index contributed by atoms with van der Waals surface area (Å²) in [5, 5.41) is 9.59. The summed E-state index contributed by atoms with van der Waals surface area (Å²) in [6.45, 7) is 1.15. The summed E-state index contributed by atoms with van der Waals surface area (Å²) in [4.78, 5) is 2.30. The molecule has 0 aromatic heterocycles. The molecule has 0 aromatic rings. The van der Waals surface area contributed by atoms with Crippen molar-refractivity contribution in [2.45, 2.75) is 37.2 Å². The fraction of sp³-hybridized carbons (Fsp3) is 1.00. The smallest absolute Gasteiger partial charge is 0.0756 e. The lowest BCUT2D eigenvalue weighted by Gasteiger charge is -2.38. The molecule has 12 heavy (non-hydrogen) atoms. The molecule has 1 aliphatic heterocycles. The van der Waals surface area contributed by atoms with E-state index in [1.54, 1.807) is 0 Å². The van der Waals surface area contributed by atoms with E-state index < -0.39 is 0 Å². The zero-order chi connectivity index (χ0) is 8.72. The van der Waals surface area contributed by atoms with E-state index in [2.05, 4.69) is 11.9 Å². The Hall–Kier alpha value is -0.0151. The molecule has 0 bridgehead atoms. The van der Waals surface area contributed by atoms with Gasteiger partial charge in [-0.1, -0.05) is 0 Å². The first-order valence-corrected chi connectivity index (χ1v) is 4.84. The van der Waals surface area contributed by atoms with Crippen LogP contribution in [0.1, 0.15) is 19.3 Å². The van der Waals surface area contributed by atoms with Crippen LogP contribution in [0.15, 0.2) is 0 Å². The average Bonchev–Trinajstić information content (AvgIpc) is 2.41. The Kier molecular flexibility index (Phi) is 2.17. The number of aliphatic hydroxyl groups is 1. The summed E-state index contributed by atoms with van der Waals surface area (Å²) in [6.07, 6.45) is 3.05. The minimum absolute atomic E-state index is 0.0174. The lowest BCUT2D eigenvalue weighted by molar-refractivity contribution is 0.0727. The van der Waals surface area contributed by atoms with E-state index in [9.17, 15) is 5.11 Å². The third kappa shape index (κ3) is 1.19. The Morgan fingerprint density at radius 3 is 2.83 bits per heavy atom. The molecule has 2 aliphatic rings. The maximum Gasteiger partial charge on any atom is 0.0756 e. The van der Waals surface area contributed by atoms with Crippen LogP contribution in [-0.2, 0) is 0 Å². The molecule has 0 aromatic carbocycles. The topological polar surface area (TPSA) is 23.5 Å². The van der Waals surface area contributed by atoms with Crippen molar-refractivity contribution in [1.29, 1.82) is 0 Å². The largest absolute Gasteiger partial charge is 0.394 e. The van der Waals surface area contributed by atoms with Crippen molar-refractivity contribution < 1.29 is 5.11 Å². The molecule has 0 amide bonds. The fourth-order valence-electron chi connectivity index (χ4n) is 2.78. The molecule has 1 saturated carbocycles. The quantitative estimate of drug-likeness (QED) is 0.526. The van der Waals surface area contributed by atoms with Crippen LogP contribution < -0.4 is 0 Å². The molecule has 4 atom stereocenters. The molecule has 2 radical (unpaired) electrons. The van der Waals surface area contributed by atoms with Crippen molar-refractivity contribution in [3.63, 3.8) is 0 Å². The fourth-order valence-corrected chi connectivity index (χ4v) is 2.78. The van der Waals surface area contributed by atoms with Crippen LogP contribution in [0.3, 0.4) is 0 Å². The maximum absolute atomic E-state index is 9.59. The van der Waals surface area contributed by atoms with Crippen molar-refractivity contribution in [2.75, 3.05) is 13.6 Å². The molecule has 4 unspecified atom stereocenters. The molecule has 2 rings (SSSR count). The highest BCUT2D eigenvalue weighted by atomic mass is 16.3. The predicted octanol–water partition coefficient (Wildman–Crippen LogP) is 0.418. The highest BCUT2D eigenvalue weighted by molar-refractivity contribution is 6.12. The Morgan fingerprint density at radius 2 is 2.08 bits per heavy atom. The number of hydrogen-bond acceptors (Lipinski definition) is 2. The SMILES string of the molecule is [B]C1C(O)CCC2CCN(C)C21. The molecule has 0 spiro atoms. The van der Waals surface area contributed by atoms with E-state index in [4.69, 9.17) is 7.85 Å². The number of nitrogens with zero attached hydrogens (tertiary/aromatic N) is 1. The summed E-state index contributed by atoms with van der Waals surface area (Å²) in [5.41, 5.74) is 0. The van der Waals surface area contributed by atoms with Gasteiger partial charge in [0.25, 0.3) is 0 Å². The van der Waals surface area contributed by atoms with Crippen molar-refractivity contribution >= 4 is 7.85 Å². The Morgan fingerprint density at radius 1 is 1.33 bits per heavy atom. The van der Waals surface area contributed by atoms with Gasteiger partial charge in [-0.05, 0) is 44.6 Å². The molecule has 66 valence electrons. The van der Waals surface area contributed by atoms with Crippen LogP contribution in [0.25, 0.3) is 0 Å². The summed E-state index contributed by atoms with van der Waals surface area (Å²) in [6, 6.07) is 0.439. The van der Waals surface area contributed by atoms with E-state index in [0.717, 1.165) is 25.3 Å². The highest BCUT2D eigenvalue weighted by Crippen LogP contribution is 2.40. The average molecular weight is 165 g/mol. The van der Waals surface area contributed by atoms with Gasteiger partial charge in [0.15, 0.2) is 0 Å². The van der Waals surface area contributed by atoms with Gasteiger partial charge in [0, 0.05) is 6.04 Å². The van der Waals surface area contributed by atoms with Gasteiger partial charge in [0.1, 0.15) is 0 Å². The van der Waals surface area contributed by atoms with Gasteiger partial charge in [-0.3, -0.25) is 0 Å². The first-order valence-electron chi connectivity index (χ1n) is 4.84. The van der Waals surface area contributed by atoms with E-state index in [1.165, 1.54) is 6.42 Å². The van der Waals surface area contributed by atoms with Crippen LogP contribution in [0, 0.1) is 5.92 Å². The van der Waals surface area contributed by atoms with E-state index in [0.29, 0.717) is 6.04 Å². The summed E-state index contributed by atoms with van der Waals surface area (Å²) in [7, 11) is 8.08. The molecular formula is C9H16BNO. The number of aliphatic hydroxyl groups excluding tert-OH is 1. The minimum Gasteiger partial charge on any atom is -0.394 e. The van der Waals surface area contributed by atoms with Crippen molar-refractivity contribution in [3.8, 4) is 0 Å². The monoisotopic (exact) mass is 165 g/mol. The van der Waals surface area contributed by atoms with Gasteiger partial charge < -0.3 is 10.0 Å². The van der Waals surface area contributed by atoms with Gasteiger partial charge in [0.05, 0.1) is 14.0 Å². The number of fused-ring (bicyclic) bond motifs is 1. The third-order valence-electron chi connectivity index (χ3n) is 3.52. The van der Waals surface area contributed by atoms with Crippen LogP contribution >= 0.6 is 0 Å². The van der Waals surface area contributed by atoms with Crippen molar-refractivity contribution in [1.82, 2.24) is 4.90 Å². The zero-order valence-corrected chi connectivity index (χ0v) is 7.61. The Labute approximate surface area is 75.4 Å². The van der Waals surface area contributed by atoms with Crippen LogP contribution in [0.2, 0.25) is 5.82 Å². The lowest BCUT2D eigenvalue weighted by atomic mass is 9.66.